The number of pyridine rings is 1. The Balaban J connectivity index is 1.84. The SMILES string of the molecule is CSC(C)C(=O)N1CCCCC1c1nc(-c2cccnc2)c[nH]1. The van der Waals surface area contributed by atoms with E-state index in [1.54, 1.807) is 24.2 Å². The van der Waals surface area contributed by atoms with Crippen LogP contribution in [0.2, 0.25) is 0 Å². The Morgan fingerprint density at radius 3 is 3.09 bits per heavy atom. The van der Waals surface area contributed by atoms with E-state index >= 15 is 0 Å². The van der Waals surface area contributed by atoms with Crippen molar-refractivity contribution in [1.82, 2.24) is 19.9 Å². The van der Waals surface area contributed by atoms with E-state index in [1.807, 2.05) is 36.4 Å². The number of hydrogen-bond acceptors (Lipinski definition) is 4. The summed E-state index contributed by atoms with van der Waals surface area (Å²) in [6.45, 7) is 2.79. The molecule has 2 aromatic rings. The van der Waals surface area contributed by atoms with Gasteiger partial charge in [0.05, 0.1) is 17.0 Å². The van der Waals surface area contributed by atoms with Crippen LogP contribution in [0.3, 0.4) is 0 Å². The molecule has 0 bridgehead atoms. The minimum absolute atomic E-state index is 0.0108. The van der Waals surface area contributed by atoms with Crippen LogP contribution in [0, 0.1) is 0 Å². The third-order valence-electron chi connectivity index (χ3n) is 4.36. The second kappa shape index (κ2) is 7.17. The third-order valence-corrected chi connectivity index (χ3v) is 5.27. The number of aromatic nitrogens is 3. The number of piperidine rings is 1. The molecule has 3 heterocycles. The molecule has 3 rings (SSSR count). The van der Waals surface area contributed by atoms with Gasteiger partial charge in [0.2, 0.25) is 5.91 Å². The Morgan fingerprint density at radius 2 is 2.35 bits per heavy atom. The Hall–Kier alpha value is -1.82. The summed E-state index contributed by atoms with van der Waals surface area (Å²) in [4.78, 5) is 26.8. The first-order valence-electron chi connectivity index (χ1n) is 7.99. The van der Waals surface area contributed by atoms with Gasteiger partial charge in [0.1, 0.15) is 5.82 Å². The third kappa shape index (κ3) is 3.42. The van der Waals surface area contributed by atoms with E-state index in [9.17, 15) is 4.79 Å². The molecule has 122 valence electrons. The van der Waals surface area contributed by atoms with Crippen molar-refractivity contribution in [3.8, 4) is 11.3 Å². The quantitative estimate of drug-likeness (QED) is 0.934. The van der Waals surface area contributed by atoms with Crippen molar-refractivity contribution in [2.75, 3.05) is 12.8 Å². The van der Waals surface area contributed by atoms with Gasteiger partial charge in [0.15, 0.2) is 0 Å². The number of aromatic amines is 1. The summed E-state index contributed by atoms with van der Waals surface area (Å²) in [5.41, 5.74) is 1.87. The summed E-state index contributed by atoms with van der Waals surface area (Å²) in [5, 5.41) is -0.0108. The Labute approximate surface area is 140 Å². The van der Waals surface area contributed by atoms with Gasteiger partial charge in [0, 0.05) is 30.7 Å². The number of thioether (sulfide) groups is 1. The number of carbonyl (C=O) groups is 1. The average molecular weight is 330 g/mol. The molecule has 0 radical (unpaired) electrons. The van der Waals surface area contributed by atoms with Gasteiger partial charge in [0.25, 0.3) is 0 Å². The maximum atomic E-state index is 12.6. The van der Waals surface area contributed by atoms with E-state index in [0.717, 1.165) is 42.9 Å². The number of imidazole rings is 1. The molecule has 0 saturated carbocycles. The molecule has 1 fully saturated rings. The highest BCUT2D eigenvalue weighted by Crippen LogP contribution is 2.32. The largest absolute Gasteiger partial charge is 0.346 e. The van der Waals surface area contributed by atoms with E-state index in [2.05, 4.69) is 9.97 Å². The van der Waals surface area contributed by atoms with E-state index in [4.69, 9.17) is 4.98 Å². The highest BCUT2D eigenvalue weighted by molar-refractivity contribution is 7.99. The molecule has 1 aliphatic rings. The van der Waals surface area contributed by atoms with Crippen LogP contribution in [0.4, 0.5) is 0 Å². The molecule has 2 atom stereocenters. The van der Waals surface area contributed by atoms with Crippen LogP contribution in [-0.2, 0) is 4.79 Å². The lowest BCUT2D eigenvalue weighted by molar-refractivity contribution is -0.134. The van der Waals surface area contributed by atoms with Crippen LogP contribution in [0.1, 0.15) is 38.1 Å². The number of amides is 1. The molecule has 1 N–H and O–H groups in total. The molecule has 1 amide bonds. The molecular weight excluding hydrogens is 308 g/mol. The molecule has 1 aliphatic heterocycles. The molecular formula is C17H22N4OS. The van der Waals surface area contributed by atoms with Crippen LogP contribution < -0.4 is 0 Å². The standard InChI is InChI=1S/C17H22N4OS/c1-12(23-2)17(22)21-9-4-3-7-15(21)16-19-11-14(20-16)13-6-5-8-18-10-13/h5-6,8,10-12,15H,3-4,7,9H2,1-2H3,(H,19,20). The van der Waals surface area contributed by atoms with E-state index in [-0.39, 0.29) is 17.2 Å². The predicted octanol–water partition coefficient (Wildman–Crippen LogP) is 3.28. The minimum atomic E-state index is -0.0108. The van der Waals surface area contributed by atoms with Crippen LogP contribution in [0.15, 0.2) is 30.7 Å². The van der Waals surface area contributed by atoms with Crippen molar-refractivity contribution in [2.45, 2.75) is 37.5 Å². The molecule has 6 heteroatoms. The average Bonchev–Trinajstić information content (AvgIpc) is 3.11. The minimum Gasteiger partial charge on any atom is -0.346 e. The summed E-state index contributed by atoms with van der Waals surface area (Å²) in [6.07, 6.45) is 10.6. The van der Waals surface area contributed by atoms with Gasteiger partial charge in [-0.05, 0) is 44.6 Å². The predicted molar refractivity (Wildman–Crippen MR) is 93.1 cm³/mol. The van der Waals surface area contributed by atoms with Gasteiger partial charge in [-0.3, -0.25) is 9.78 Å². The molecule has 2 aromatic heterocycles. The monoisotopic (exact) mass is 330 g/mol. The van der Waals surface area contributed by atoms with Crippen molar-refractivity contribution >= 4 is 17.7 Å². The molecule has 0 aromatic carbocycles. The van der Waals surface area contributed by atoms with E-state index in [0.29, 0.717) is 0 Å². The number of rotatable bonds is 4. The van der Waals surface area contributed by atoms with Gasteiger partial charge in [-0.25, -0.2) is 4.98 Å². The summed E-state index contributed by atoms with van der Waals surface area (Å²) in [5.74, 6) is 1.09. The molecule has 5 nitrogen and oxygen atoms in total. The second-order valence-corrected chi connectivity index (χ2v) is 7.01. The molecule has 0 aliphatic carbocycles. The topological polar surface area (TPSA) is 61.9 Å². The zero-order chi connectivity index (χ0) is 16.2. The Bertz CT molecular complexity index is 658. The lowest BCUT2D eigenvalue weighted by Crippen LogP contribution is -2.42. The first-order chi connectivity index (χ1) is 11.2. The maximum Gasteiger partial charge on any atom is 0.236 e. The van der Waals surface area contributed by atoms with Crippen molar-refractivity contribution in [3.05, 3.63) is 36.5 Å². The number of nitrogens with one attached hydrogen (secondary N) is 1. The summed E-state index contributed by atoms with van der Waals surface area (Å²) in [6, 6.07) is 3.95. The highest BCUT2D eigenvalue weighted by Gasteiger charge is 2.32. The first-order valence-corrected chi connectivity index (χ1v) is 9.28. The second-order valence-electron chi connectivity index (χ2n) is 5.83. The highest BCUT2D eigenvalue weighted by atomic mass is 32.2. The lowest BCUT2D eigenvalue weighted by Gasteiger charge is -2.36. The fraction of sp³-hybridized carbons (Fsp3) is 0.471. The van der Waals surface area contributed by atoms with Gasteiger partial charge in [-0.1, -0.05) is 0 Å². The Kier molecular flexibility index (Phi) is 5.00. The van der Waals surface area contributed by atoms with E-state index in [1.165, 1.54) is 0 Å². The normalized spacial score (nSPS) is 19.6. The number of hydrogen-bond donors (Lipinski definition) is 1. The summed E-state index contributed by atoms with van der Waals surface area (Å²) < 4.78 is 0. The lowest BCUT2D eigenvalue weighted by atomic mass is 10.0. The van der Waals surface area contributed by atoms with Crippen molar-refractivity contribution < 1.29 is 4.79 Å². The zero-order valence-electron chi connectivity index (χ0n) is 13.5. The van der Waals surface area contributed by atoms with Gasteiger partial charge in [-0.2, -0.15) is 11.8 Å². The number of nitrogens with zero attached hydrogens (tertiary/aromatic N) is 3. The van der Waals surface area contributed by atoms with Gasteiger partial charge >= 0.3 is 0 Å². The van der Waals surface area contributed by atoms with Crippen LogP contribution >= 0.6 is 11.8 Å². The molecule has 2 unspecified atom stereocenters. The smallest absolute Gasteiger partial charge is 0.236 e. The molecule has 1 saturated heterocycles. The van der Waals surface area contributed by atoms with Crippen LogP contribution in [0.5, 0.6) is 0 Å². The summed E-state index contributed by atoms with van der Waals surface area (Å²) in [7, 11) is 0. The maximum absolute atomic E-state index is 12.6. The van der Waals surface area contributed by atoms with Gasteiger partial charge < -0.3 is 9.88 Å². The molecule has 0 spiro atoms. The van der Waals surface area contributed by atoms with Crippen molar-refractivity contribution in [1.29, 1.82) is 0 Å². The van der Waals surface area contributed by atoms with Gasteiger partial charge in [-0.15, -0.1) is 0 Å². The number of carbonyl (C=O) groups excluding carboxylic acids is 1. The summed E-state index contributed by atoms with van der Waals surface area (Å²) >= 11 is 1.60. The number of likely N-dealkylation sites (tertiary alicyclic amines) is 1. The van der Waals surface area contributed by atoms with E-state index < -0.39 is 0 Å². The fourth-order valence-corrected chi connectivity index (χ4v) is 3.32. The first kappa shape index (κ1) is 16.1. The van der Waals surface area contributed by atoms with Crippen molar-refractivity contribution in [3.63, 3.8) is 0 Å². The van der Waals surface area contributed by atoms with Crippen LogP contribution in [-0.4, -0.2) is 43.8 Å². The van der Waals surface area contributed by atoms with Crippen LogP contribution in [0.25, 0.3) is 11.3 Å². The van der Waals surface area contributed by atoms with Crippen molar-refractivity contribution in [2.24, 2.45) is 0 Å². The fourth-order valence-electron chi connectivity index (χ4n) is 2.98. The Morgan fingerprint density at radius 1 is 1.48 bits per heavy atom. The zero-order valence-corrected chi connectivity index (χ0v) is 14.3. The molecule has 23 heavy (non-hydrogen) atoms. The number of H-pyrrole nitrogens is 1.